The highest BCUT2D eigenvalue weighted by molar-refractivity contribution is 5.99. The Morgan fingerprint density at radius 3 is 2.62 bits per heavy atom. The molecule has 0 fully saturated rings. The van der Waals surface area contributed by atoms with E-state index in [0.717, 1.165) is 11.3 Å². The summed E-state index contributed by atoms with van der Waals surface area (Å²) in [4.78, 5) is 14.9. The summed E-state index contributed by atoms with van der Waals surface area (Å²) in [5, 5.41) is 28.8. The molecule has 1 aromatic carbocycles. The Kier molecular flexibility index (Phi) is 3.80. The van der Waals surface area contributed by atoms with Crippen molar-refractivity contribution in [3.8, 4) is 17.6 Å². The van der Waals surface area contributed by atoms with Gasteiger partial charge in [0.1, 0.15) is 11.8 Å². The van der Waals surface area contributed by atoms with E-state index in [0.29, 0.717) is 12.1 Å². The fourth-order valence-electron chi connectivity index (χ4n) is 2.56. The van der Waals surface area contributed by atoms with Crippen LogP contribution in [0.2, 0.25) is 0 Å². The summed E-state index contributed by atoms with van der Waals surface area (Å²) in [6.45, 7) is 0.440. The molecule has 0 aliphatic rings. The first kappa shape index (κ1) is 15.4. The average molecular weight is 323 g/mol. The Hall–Kier alpha value is -3.53. The average Bonchev–Trinajstić information content (AvgIpc) is 3.00. The number of aromatic carboxylic acids is 1. The number of fused-ring (bicyclic) bond motifs is 1. The number of carboxylic acids is 1. The number of aromatic hydroxyl groups is 1. The summed E-state index contributed by atoms with van der Waals surface area (Å²) in [5.41, 5.74) is 0.787. The van der Waals surface area contributed by atoms with Crippen molar-refractivity contribution in [3.05, 3.63) is 53.5 Å². The van der Waals surface area contributed by atoms with Gasteiger partial charge in [0, 0.05) is 18.1 Å². The number of carbonyl (C=O) groups is 1. The number of nitriles is 1. The molecule has 24 heavy (non-hydrogen) atoms. The molecule has 0 amide bonds. The minimum atomic E-state index is -1.38. The lowest BCUT2D eigenvalue weighted by Crippen LogP contribution is -2.06. The van der Waals surface area contributed by atoms with Crippen LogP contribution in [0.4, 0.5) is 0 Å². The summed E-state index contributed by atoms with van der Waals surface area (Å²) < 4.78 is 6.86. The predicted molar refractivity (Wildman–Crippen MR) is 85.2 cm³/mol. The van der Waals surface area contributed by atoms with Crippen LogP contribution in [0.3, 0.4) is 0 Å². The van der Waals surface area contributed by atoms with Crippen molar-refractivity contribution in [2.24, 2.45) is 0 Å². The number of rotatable bonds is 4. The zero-order valence-corrected chi connectivity index (χ0v) is 12.7. The molecule has 120 valence electrons. The summed E-state index contributed by atoms with van der Waals surface area (Å²) in [5.74, 6) is -1.09. The highest BCUT2D eigenvalue weighted by Crippen LogP contribution is 2.31. The van der Waals surface area contributed by atoms with E-state index in [-0.39, 0.29) is 11.1 Å². The molecule has 7 heteroatoms. The maximum Gasteiger partial charge on any atom is 0.358 e. The van der Waals surface area contributed by atoms with Gasteiger partial charge in [0.15, 0.2) is 17.1 Å². The quantitative estimate of drug-likeness (QED) is 0.763. The molecule has 2 aromatic heterocycles. The van der Waals surface area contributed by atoms with Gasteiger partial charge in [0.05, 0.1) is 12.6 Å². The summed E-state index contributed by atoms with van der Waals surface area (Å²) in [7, 11) is 1.59. The molecule has 2 N–H and O–H groups in total. The summed E-state index contributed by atoms with van der Waals surface area (Å²) in [6, 6.07) is 10.9. The maximum absolute atomic E-state index is 11.1. The number of hydrogen-bond acceptors (Lipinski definition) is 5. The van der Waals surface area contributed by atoms with Gasteiger partial charge in [-0.05, 0) is 23.8 Å². The second-order valence-electron chi connectivity index (χ2n) is 5.13. The van der Waals surface area contributed by atoms with Gasteiger partial charge in [-0.1, -0.05) is 12.1 Å². The molecule has 0 bridgehead atoms. The van der Waals surface area contributed by atoms with E-state index in [1.807, 2.05) is 30.3 Å². The predicted octanol–water partition coefficient (Wildman–Crippen LogP) is 2.37. The largest absolute Gasteiger partial charge is 0.505 e. The fourth-order valence-corrected chi connectivity index (χ4v) is 2.56. The molecule has 0 saturated carbocycles. The number of benzene rings is 1. The Labute approximate surface area is 137 Å². The third-order valence-corrected chi connectivity index (χ3v) is 3.71. The van der Waals surface area contributed by atoms with Crippen LogP contribution >= 0.6 is 0 Å². The normalized spacial score (nSPS) is 10.5. The molecule has 3 rings (SSSR count). The van der Waals surface area contributed by atoms with Crippen LogP contribution in [-0.4, -0.2) is 32.8 Å². The monoisotopic (exact) mass is 323 g/mol. The van der Waals surface area contributed by atoms with Gasteiger partial charge in [0.2, 0.25) is 0 Å². The molecule has 0 saturated heterocycles. The molecule has 7 nitrogen and oxygen atoms in total. The topological polar surface area (TPSA) is 108 Å². The summed E-state index contributed by atoms with van der Waals surface area (Å²) in [6.07, 6.45) is 1.68. The van der Waals surface area contributed by atoms with Crippen LogP contribution in [0, 0.1) is 11.3 Å². The maximum atomic E-state index is 11.1. The second-order valence-corrected chi connectivity index (χ2v) is 5.13. The minimum absolute atomic E-state index is 0.0429. The Bertz CT molecular complexity index is 968. The minimum Gasteiger partial charge on any atom is -0.505 e. The Balaban J connectivity index is 2.11. The first-order valence-electron chi connectivity index (χ1n) is 7.03. The van der Waals surface area contributed by atoms with Crippen molar-refractivity contribution >= 4 is 16.9 Å². The van der Waals surface area contributed by atoms with Gasteiger partial charge in [-0.25, -0.2) is 9.78 Å². The Morgan fingerprint density at radius 2 is 2.04 bits per heavy atom. The molecule has 0 spiro atoms. The van der Waals surface area contributed by atoms with Gasteiger partial charge in [0.25, 0.3) is 0 Å². The second kappa shape index (κ2) is 5.93. The van der Waals surface area contributed by atoms with Crippen molar-refractivity contribution < 1.29 is 19.7 Å². The standard InChI is InChI=1S/C17H13N3O4/c1-24-11-4-2-10(3-5-11)9-20-7-6-12-15(20)13(8-18)19-14(16(12)21)17(22)23/h2-7,21H,9H2,1H3,(H,22,23). The number of ether oxygens (including phenoxy) is 1. The van der Waals surface area contributed by atoms with Crippen molar-refractivity contribution in [2.75, 3.05) is 7.11 Å². The number of methoxy groups -OCH3 is 1. The van der Waals surface area contributed by atoms with Crippen molar-refractivity contribution in [1.29, 1.82) is 5.26 Å². The third kappa shape index (κ3) is 2.50. The zero-order valence-electron chi connectivity index (χ0n) is 12.7. The SMILES string of the molecule is COc1ccc(Cn2ccc3c(O)c(C(=O)O)nc(C#N)c32)cc1. The lowest BCUT2D eigenvalue weighted by Gasteiger charge is -2.09. The fraction of sp³-hybridized carbons (Fsp3) is 0.118. The molecule has 2 heterocycles. The third-order valence-electron chi connectivity index (χ3n) is 3.71. The van der Waals surface area contributed by atoms with Crippen LogP contribution in [0.15, 0.2) is 36.5 Å². The van der Waals surface area contributed by atoms with Crippen molar-refractivity contribution in [3.63, 3.8) is 0 Å². The molecule has 3 aromatic rings. The number of carboxylic acid groups (broad SMARTS) is 1. The van der Waals surface area contributed by atoms with Crippen LogP contribution in [0.25, 0.3) is 10.9 Å². The first-order chi connectivity index (χ1) is 11.5. The van der Waals surface area contributed by atoms with Gasteiger partial charge in [-0.3, -0.25) is 0 Å². The van der Waals surface area contributed by atoms with Gasteiger partial charge in [-0.2, -0.15) is 5.26 Å². The molecule has 0 radical (unpaired) electrons. The van der Waals surface area contributed by atoms with Crippen LogP contribution in [-0.2, 0) is 6.54 Å². The molecule has 0 aliphatic heterocycles. The van der Waals surface area contributed by atoms with Crippen LogP contribution in [0.5, 0.6) is 11.5 Å². The lowest BCUT2D eigenvalue weighted by atomic mass is 10.2. The van der Waals surface area contributed by atoms with Gasteiger partial charge >= 0.3 is 5.97 Å². The zero-order chi connectivity index (χ0) is 17.3. The molecular weight excluding hydrogens is 310 g/mol. The number of pyridine rings is 1. The van der Waals surface area contributed by atoms with E-state index in [4.69, 9.17) is 9.84 Å². The first-order valence-corrected chi connectivity index (χ1v) is 7.03. The van der Waals surface area contributed by atoms with E-state index in [1.54, 1.807) is 23.9 Å². The van der Waals surface area contributed by atoms with Gasteiger partial charge in [-0.15, -0.1) is 0 Å². The number of nitrogens with zero attached hydrogens (tertiary/aromatic N) is 3. The van der Waals surface area contributed by atoms with E-state index < -0.39 is 17.4 Å². The van der Waals surface area contributed by atoms with Crippen molar-refractivity contribution in [1.82, 2.24) is 9.55 Å². The molecule has 0 unspecified atom stereocenters. The smallest absolute Gasteiger partial charge is 0.358 e. The highest BCUT2D eigenvalue weighted by Gasteiger charge is 2.20. The number of aromatic nitrogens is 2. The van der Waals surface area contributed by atoms with Gasteiger partial charge < -0.3 is 19.5 Å². The van der Waals surface area contributed by atoms with E-state index in [1.165, 1.54) is 0 Å². The Morgan fingerprint density at radius 1 is 1.33 bits per heavy atom. The van der Waals surface area contributed by atoms with Crippen molar-refractivity contribution in [2.45, 2.75) is 6.54 Å². The lowest BCUT2D eigenvalue weighted by molar-refractivity contribution is 0.0687. The molecular formula is C17H13N3O4. The molecule has 0 aliphatic carbocycles. The van der Waals surface area contributed by atoms with E-state index in [2.05, 4.69) is 4.98 Å². The van der Waals surface area contributed by atoms with E-state index >= 15 is 0 Å². The summed E-state index contributed by atoms with van der Waals surface area (Å²) >= 11 is 0. The van der Waals surface area contributed by atoms with E-state index in [9.17, 15) is 15.2 Å². The number of hydrogen-bond donors (Lipinski definition) is 2. The van der Waals surface area contributed by atoms with Crippen LogP contribution < -0.4 is 4.74 Å². The highest BCUT2D eigenvalue weighted by atomic mass is 16.5. The van der Waals surface area contributed by atoms with Crippen LogP contribution in [0.1, 0.15) is 21.7 Å². The molecule has 0 atom stereocenters.